The molecule has 0 aromatic heterocycles. The summed E-state index contributed by atoms with van der Waals surface area (Å²) in [5.74, 6) is 1.03. The highest BCUT2D eigenvalue weighted by Crippen LogP contribution is 2.32. The lowest BCUT2D eigenvalue weighted by Gasteiger charge is -2.11. The van der Waals surface area contributed by atoms with Gasteiger partial charge in [0, 0.05) is 13.2 Å². The first-order valence-corrected chi connectivity index (χ1v) is 9.84. The molecule has 0 aliphatic carbocycles. The number of nitrogens with one attached hydrogen (secondary N) is 1. The van der Waals surface area contributed by atoms with Crippen molar-refractivity contribution in [1.29, 1.82) is 0 Å². The Labute approximate surface area is 174 Å². The van der Waals surface area contributed by atoms with Gasteiger partial charge < -0.3 is 29.0 Å². The van der Waals surface area contributed by atoms with E-state index >= 15 is 0 Å². The molecule has 4 rings (SSSR count). The molecule has 2 aromatic carbocycles. The third kappa shape index (κ3) is 5.21. The van der Waals surface area contributed by atoms with Gasteiger partial charge in [-0.15, -0.1) is 0 Å². The molecule has 158 valence electrons. The number of fused-ring (bicyclic) bond motifs is 1. The molecule has 2 aliphatic rings. The minimum Gasteiger partial charge on any atom is -0.491 e. The summed E-state index contributed by atoms with van der Waals surface area (Å²) in [5.41, 5.74) is 1.21. The Balaban J connectivity index is 1.18. The van der Waals surface area contributed by atoms with Crippen LogP contribution in [0.2, 0.25) is 0 Å². The van der Waals surface area contributed by atoms with Crippen LogP contribution in [0.25, 0.3) is 0 Å². The van der Waals surface area contributed by atoms with Gasteiger partial charge in [0.2, 0.25) is 6.79 Å². The molecule has 0 saturated carbocycles. The lowest BCUT2D eigenvalue weighted by Crippen LogP contribution is -2.28. The zero-order valence-corrected chi connectivity index (χ0v) is 16.4. The zero-order valence-electron chi connectivity index (χ0n) is 16.4. The number of carbonyl (C=O) groups excluding carboxylic acids is 2. The first-order chi connectivity index (χ1) is 14.7. The number of carbonyl (C=O) groups is 2. The van der Waals surface area contributed by atoms with E-state index in [9.17, 15) is 9.59 Å². The molecule has 8 heteroatoms. The number of amides is 1. The van der Waals surface area contributed by atoms with Crippen LogP contribution in [-0.2, 0) is 20.8 Å². The summed E-state index contributed by atoms with van der Waals surface area (Å²) in [4.78, 5) is 24.1. The third-order valence-corrected chi connectivity index (χ3v) is 4.81. The third-order valence-electron chi connectivity index (χ3n) is 4.81. The molecule has 30 heavy (non-hydrogen) atoms. The van der Waals surface area contributed by atoms with Gasteiger partial charge in [-0.2, -0.15) is 0 Å². The number of hydrogen-bond donors (Lipinski definition) is 1. The van der Waals surface area contributed by atoms with Gasteiger partial charge in [0.05, 0.1) is 11.7 Å². The number of ether oxygens (including phenoxy) is 5. The van der Waals surface area contributed by atoms with Crippen LogP contribution in [-0.4, -0.2) is 44.6 Å². The van der Waals surface area contributed by atoms with Crippen LogP contribution >= 0.6 is 0 Å². The van der Waals surface area contributed by atoms with Crippen LogP contribution in [0, 0.1) is 0 Å². The van der Waals surface area contributed by atoms with Gasteiger partial charge >= 0.3 is 5.97 Å². The quantitative estimate of drug-likeness (QED) is 0.665. The zero-order chi connectivity index (χ0) is 20.8. The normalized spacial score (nSPS) is 16.9. The van der Waals surface area contributed by atoms with Crippen molar-refractivity contribution in [2.75, 3.05) is 26.6 Å². The van der Waals surface area contributed by atoms with Crippen LogP contribution in [0.15, 0.2) is 42.5 Å². The molecular formula is C22H23NO7. The Hall–Kier alpha value is -3.26. The van der Waals surface area contributed by atoms with Crippen molar-refractivity contribution < 1.29 is 33.3 Å². The van der Waals surface area contributed by atoms with Gasteiger partial charge in [-0.05, 0) is 54.8 Å². The minimum atomic E-state index is -0.570. The molecule has 8 nitrogen and oxygen atoms in total. The van der Waals surface area contributed by atoms with Crippen molar-refractivity contribution in [1.82, 2.24) is 5.32 Å². The number of esters is 1. The summed E-state index contributed by atoms with van der Waals surface area (Å²) in [6, 6.07) is 12.0. The fraction of sp³-hybridized carbons (Fsp3) is 0.364. The Morgan fingerprint density at radius 2 is 1.90 bits per heavy atom. The predicted molar refractivity (Wildman–Crippen MR) is 106 cm³/mol. The highest BCUT2D eigenvalue weighted by Gasteiger charge is 2.17. The maximum absolute atomic E-state index is 12.1. The number of rotatable bonds is 8. The highest BCUT2D eigenvalue weighted by atomic mass is 16.7. The molecule has 0 unspecified atom stereocenters. The SMILES string of the molecule is O=C(COC(=O)c1ccc(OC[C@@H]2CCCO2)cc1)NCc1ccc2c(c1)OCO2. The summed E-state index contributed by atoms with van der Waals surface area (Å²) in [7, 11) is 0. The molecule has 1 atom stereocenters. The van der Waals surface area contributed by atoms with E-state index in [1.807, 2.05) is 6.07 Å². The largest absolute Gasteiger partial charge is 0.491 e. The van der Waals surface area contributed by atoms with Gasteiger partial charge in [-0.25, -0.2) is 4.79 Å². The van der Waals surface area contributed by atoms with Crippen LogP contribution in [0.1, 0.15) is 28.8 Å². The van der Waals surface area contributed by atoms with E-state index in [0.29, 0.717) is 36.0 Å². The summed E-state index contributed by atoms with van der Waals surface area (Å²) >= 11 is 0. The van der Waals surface area contributed by atoms with E-state index in [4.69, 9.17) is 23.7 Å². The van der Waals surface area contributed by atoms with Gasteiger partial charge in [0.25, 0.3) is 5.91 Å². The standard InChI is InChI=1S/C22H23NO7/c24-21(23-11-15-3-8-19-20(10-15)30-14-29-19)13-28-22(25)16-4-6-17(7-5-16)27-12-18-2-1-9-26-18/h3-8,10,18H,1-2,9,11-14H2,(H,23,24)/t18-/m0/s1. The van der Waals surface area contributed by atoms with Crippen LogP contribution < -0.4 is 19.5 Å². The predicted octanol–water partition coefficient (Wildman–Crippen LogP) is 2.45. The molecule has 1 amide bonds. The van der Waals surface area contributed by atoms with Gasteiger partial charge in [0.1, 0.15) is 12.4 Å². The summed E-state index contributed by atoms with van der Waals surface area (Å²) in [6.45, 7) is 1.41. The Kier molecular flexibility index (Phi) is 6.34. The van der Waals surface area contributed by atoms with Crippen LogP contribution in [0.4, 0.5) is 0 Å². The fourth-order valence-electron chi connectivity index (χ4n) is 3.17. The van der Waals surface area contributed by atoms with Crippen molar-refractivity contribution in [3.63, 3.8) is 0 Å². The van der Waals surface area contributed by atoms with Gasteiger partial charge in [-0.1, -0.05) is 6.07 Å². The lowest BCUT2D eigenvalue weighted by atomic mass is 10.2. The van der Waals surface area contributed by atoms with E-state index in [2.05, 4.69) is 5.32 Å². The Bertz CT molecular complexity index is 891. The first kappa shape index (κ1) is 20.0. The molecule has 0 spiro atoms. The molecule has 1 fully saturated rings. The molecule has 1 N–H and O–H groups in total. The Morgan fingerprint density at radius 1 is 1.07 bits per heavy atom. The van der Waals surface area contributed by atoms with E-state index in [1.165, 1.54) is 0 Å². The Morgan fingerprint density at radius 3 is 2.70 bits per heavy atom. The first-order valence-electron chi connectivity index (χ1n) is 9.84. The van der Waals surface area contributed by atoms with Crippen molar-refractivity contribution in [2.24, 2.45) is 0 Å². The second kappa shape index (κ2) is 9.49. The maximum Gasteiger partial charge on any atom is 0.338 e. The molecule has 2 heterocycles. The van der Waals surface area contributed by atoms with Crippen molar-refractivity contribution in [2.45, 2.75) is 25.5 Å². The summed E-state index contributed by atoms with van der Waals surface area (Å²) in [5, 5.41) is 2.71. The second-order valence-corrected chi connectivity index (χ2v) is 7.01. The minimum absolute atomic E-state index is 0.130. The summed E-state index contributed by atoms with van der Waals surface area (Å²) in [6.07, 6.45) is 2.19. The number of benzene rings is 2. The fourth-order valence-corrected chi connectivity index (χ4v) is 3.17. The van der Waals surface area contributed by atoms with Gasteiger partial charge in [-0.3, -0.25) is 4.79 Å². The molecule has 2 aromatic rings. The molecule has 2 aliphatic heterocycles. The smallest absolute Gasteiger partial charge is 0.338 e. The van der Waals surface area contributed by atoms with Crippen LogP contribution in [0.3, 0.4) is 0 Å². The second-order valence-electron chi connectivity index (χ2n) is 7.01. The molecular weight excluding hydrogens is 390 g/mol. The van der Waals surface area contributed by atoms with Crippen molar-refractivity contribution >= 4 is 11.9 Å². The molecule has 0 radical (unpaired) electrons. The van der Waals surface area contributed by atoms with Crippen molar-refractivity contribution in [3.8, 4) is 17.2 Å². The number of hydrogen-bond acceptors (Lipinski definition) is 7. The maximum atomic E-state index is 12.1. The van der Waals surface area contributed by atoms with Crippen LogP contribution in [0.5, 0.6) is 17.2 Å². The molecule has 0 bridgehead atoms. The van der Waals surface area contributed by atoms with E-state index in [1.54, 1.807) is 36.4 Å². The van der Waals surface area contributed by atoms with Crippen molar-refractivity contribution in [3.05, 3.63) is 53.6 Å². The topological polar surface area (TPSA) is 92.3 Å². The average Bonchev–Trinajstić information content (AvgIpc) is 3.46. The van der Waals surface area contributed by atoms with E-state index in [0.717, 1.165) is 25.0 Å². The van der Waals surface area contributed by atoms with Gasteiger partial charge in [0.15, 0.2) is 18.1 Å². The summed E-state index contributed by atoms with van der Waals surface area (Å²) < 4.78 is 26.8. The molecule has 1 saturated heterocycles. The lowest BCUT2D eigenvalue weighted by molar-refractivity contribution is -0.124. The van der Waals surface area contributed by atoms with E-state index in [-0.39, 0.29) is 19.5 Å². The monoisotopic (exact) mass is 413 g/mol. The highest BCUT2D eigenvalue weighted by molar-refractivity contribution is 5.91. The average molecular weight is 413 g/mol. The van der Waals surface area contributed by atoms with E-state index < -0.39 is 11.9 Å².